The molecular weight excluding hydrogens is 358 g/mol. The zero-order valence-corrected chi connectivity index (χ0v) is 15.1. The maximum atomic E-state index is 12.1. The number of hydrogen-bond donors (Lipinski definition) is 1. The Morgan fingerprint density at radius 1 is 1.04 bits per heavy atom. The summed E-state index contributed by atoms with van der Waals surface area (Å²) in [4.78, 5) is 26.4. The Labute approximate surface area is 162 Å². The van der Waals surface area contributed by atoms with Gasteiger partial charge < -0.3 is 10.1 Å². The number of benzene rings is 2. The fraction of sp³-hybridized carbons (Fsp3) is 0.143. The van der Waals surface area contributed by atoms with E-state index in [9.17, 15) is 14.9 Å². The summed E-state index contributed by atoms with van der Waals surface area (Å²) in [6.07, 6.45) is 2.49. The lowest BCUT2D eigenvalue weighted by Crippen LogP contribution is -2.22. The van der Waals surface area contributed by atoms with E-state index in [1.54, 1.807) is 24.4 Å². The van der Waals surface area contributed by atoms with Crippen molar-refractivity contribution in [3.05, 3.63) is 94.2 Å². The molecule has 1 N–H and O–H groups in total. The van der Waals surface area contributed by atoms with Crippen LogP contribution in [0.3, 0.4) is 0 Å². The van der Waals surface area contributed by atoms with Crippen LogP contribution in [0.1, 0.15) is 17.5 Å². The van der Waals surface area contributed by atoms with Crippen LogP contribution in [0.4, 0.5) is 5.69 Å². The van der Waals surface area contributed by atoms with E-state index in [1.807, 2.05) is 36.4 Å². The molecule has 3 aromatic rings. The van der Waals surface area contributed by atoms with Crippen molar-refractivity contribution >= 4 is 11.6 Å². The van der Waals surface area contributed by atoms with Gasteiger partial charge in [0, 0.05) is 37.4 Å². The van der Waals surface area contributed by atoms with E-state index in [-0.39, 0.29) is 11.6 Å². The van der Waals surface area contributed by atoms with Gasteiger partial charge in [-0.1, -0.05) is 30.3 Å². The SMILES string of the molecule is O=C(CCc1ccc([N+](=O)[O-])cc1)NCc1cccc(Oc2ccccn2)c1. The molecule has 0 aliphatic rings. The molecule has 28 heavy (non-hydrogen) atoms. The molecule has 0 unspecified atom stereocenters. The molecule has 7 nitrogen and oxygen atoms in total. The summed E-state index contributed by atoms with van der Waals surface area (Å²) in [6.45, 7) is 0.387. The summed E-state index contributed by atoms with van der Waals surface area (Å²) in [7, 11) is 0. The van der Waals surface area contributed by atoms with Gasteiger partial charge in [0.05, 0.1) is 4.92 Å². The van der Waals surface area contributed by atoms with Gasteiger partial charge in [-0.25, -0.2) is 4.98 Å². The molecule has 3 rings (SSSR count). The first-order chi connectivity index (χ1) is 13.6. The van der Waals surface area contributed by atoms with Crippen LogP contribution in [-0.4, -0.2) is 15.8 Å². The number of nitro benzene ring substituents is 1. The highest BCUT2D eigenvalue weighted by Crippen LogP contribution is 2.20. The highest BCUT2D eigenvalue weighted by molar-refractivity contribution is 5.76. The number of nitro groups is 1. The molecule has 142 valence electrons. The number of amides is 1. The number of hydrogen-bond acceptors (Lipinski definition) is 5. The number of rotatable bonds is 8. The quantitative estimate of drug-likeness (QED) is 0.472. The first kappa shape index (κ1) is 19.0. The predicted octanol–water partition coefficient (Wildman–Crippen LogP) is 4.03. The van der Waals surface area contributed by atoms with Crippen LogP contribution in [0.15, 0.2) is 72.9 Å². The van der Waals surface area contributed by atoms with Crippen molar-refractivity contribution in [3.8, 4) is 11.6 Å². The van der Waals surface area contributed by atoms with Gasteiger partial charge in [0.25, 0.3) is 5.69 Å². The summed E-state index contributed by atoms with van der Waals surface area (Å²) in [5, 5.41) is 13.5. The Balaban J connectivity index is 1.47. The second-order valence-corrected chi connectivity index (χ2v) is 6.12. The monoisotopic (exact) mass is 377 g/mol. The van der Waals surface area contributed by atoms with Gasteiger partial charge in [-0.05, 0) is 35.7 Å². The molecule has 0 atom stereocenters. The van der Waals surface area contributed by atoms with Crippen molar-refractivity contribution < 1.29 is 14.5 Å². The number of nitrogens with one attached hydrogen (secondary N) is 1. The number of pyridine rings is 1. The molecule has 2 aromatic carbocycles. The van der Waals surface area contributed by atoms with E-state index in [2.05, 4.69) is 10.3 Å². The minimum absolute atomic E-state index is 0.0426. The molecular formula is C21H19N3O4. The summed E-state index contributed by atoms with van der Waals surface area (Å²) in [6, 6.07) is 19.1. The maximum absolute atomic E-state index is 12.1. The van der Waals surface area contributed by atoms with E-state index in [1.165, 1.54) is 12.1 Å². The Bertz CT molecular complexity index is 943. The maximum Gasteiger partial charge on any atom is 0.269 e. The van der Waals surface area contributed by atoms with Gasteiger partial charge >= 0.3 is 0 Å². The summed E-state index contributed by atoms with van der Waals surface area (Å²) in [5.41, 5.74) is 1.84. The van der Waals surface area contributed by atoms with Gasteiger partial charge in [-0.2, -0.15) is 0 Å². The van der Waals surface area contributed by atoms with E-state index >= 15 is 0 Å². The third-order valence-corrected chi connectivity index (χ3v) is 4.04. The van der Waals surface area contributed by atoms with Gasteiger partial charge in [0.1, 0.15) is 5.75 Å². The van der Waals surface area contributed by atoms with E-state index < -0.39 is 4.92 Å². The first-order valence-corrected chi connectivity index (χ1v) is 8.78. The fourth-order valence-electron chi connectivity index (χ4n) is 2.58. The van der Waals surface area contributed by atoms with Crippen molar-refractivity contribution in [2.24, 2.45) is 0 Å². The predicted molar refractivity (Wildman–Crippen MR) is 104 cm³/mol. The average molecular weight is 377 g/mol. The number of nitrogens with zero attached hydrogens (tertiary/aromatic N) is 2. The highest BCUT2D eigenvalue weighted by Gasteiger charge is 2.07. The molecule has 0 fully saturated rings. The van der Waals surface area contributed by atoms with Crippen molar-refractivity contribution in [1.29, 1.82) is 0 Å². The van der Waals surface area contributed by atoms with Crippen LogP contribution >= 0.6 is 0 Å². The normalized spacial score (nSPS) is 10.3. The lowest BCUT2D eigenvalue weighted by atomic mass is 10.1. The number of carbonyl (C=O) groups is 1. The molecule has 0 radical (unpaired) electrons. The molecule has 0 spiro atoms. The molecule has 0 saturated heterocycles. The van der Waals surface area contributed by atoms with Crippen LogP contribution in [-0.2, 0) is 17.8 Å². The summed E-state index contributed by atoms with van der Waals surface area (Å²) < 4.78 is 5.69. The minimum Gasteiger partial charge on any atom is -0.439 e. The van der Waals surface area contributed by atoms with Crippen molar-refractivity contribution in [1.82, 2.24) is 10.3 Å². The van der Waals surface area contributed by atoms with Crippen molar-refractivity contribution in [3.63, 3.8) is 0 Å². The standard InChI is InChI=1S/C21H19N3O4/c25-20(12-9-16-7-10-18(11-8-16)24(26)27)23-15-17-4-3-5-19(14-17)28-21-6-1-2-13-22-21/h1-8,10-11,13-14H,9,12,15H2,(H,23,25). The van der Waals surface area contributed by atoms with Crippen LogP contribution < -0.4 is 10.1 Å². The van der Waals surface area contributed by atoms with Crippen LogP contribution in [0, 0.1) is 10.1 Å². The number of carbonyl (C=O) groups excluding carboxylic acids is 1. The first-order valence-electron chi connectivity index (χ1n) is 8.78. The van der Waals surface area contributed by atoms with Gasteiger partial charge in [-0.15, -0.1) is 0 Å². The number of aryl methyl sites for hydroxylation is 1. The largest absolute Gasteiger partial charge is 0.439 e. The minimum atomic E-state index is -0.442. The van der Waals surface area contributed by atoms with E-state index in [4.69, 9.17) is 4.74 Å². The smallest absolute Gasteiger partial charge is 0.269 e. The van der Waals surface area contributed by atoms with E-state index in [0.29, 0.717) is 31.0 Å². The molecule has 1 aromatic heterocycles. The lowest BCUT2D eigenvalue weighted by molar-refractivity contribution is -0.384. The second-order valence-electron chi connectivity index (χ2n) is 6.12. The molecule has 1 heterocycles. The number of aromatic nitrogens is 1. The fourth-order valence-corrected chi connectivity index (χ4v) is 2.58. The van der Waals surface area contributed by atoms with Crippen LogP contribution in [0.2, 0.25) is 0 Å². The third kappa shape index (κ3) is 5.63. The molecule has 1 amide bonds. The zero-order valence-electron chi connectivity index (χ0n) is 15.1. The highest BCUT2D eigenvalue weighted by atomic mass is 16.6. The Hall–Kier alpha value is -3.74. The van der Waals surface area contributed by atoms with Gasteiger partial charge in [0.15, 0.2) is 0 Å². The van der Waals surface area contributed by atoms with Crippen molar-refractivity contribution in [2.75, 3.05) is 0 Å². The summed E-state index contributed by atoms with van der Waals surface area (Å²) >= 11 is 0. The topological polar surface area (TPSA) is 94.4 Å². The summed E-state index contributed by atoms with van der Waals surface area (Å²) in [5.74, 6) is 1.07. The molecule has 0 aliphatic heterocycles. The van der Waals surface area contributed by atoms with Crippen molar-refractivity contribution in [2.45, 2.75) is 19.4 Å². The Kier molecular flexibility index (Phi) is 6.30. The third-order valence-electron chi connectivity index (χ3n) is 4.04. The number of non-ortho nitro benzene ring substituents is 1. The zero-order chi connectivity index (χ0) is 19.8. The second kappa shape index (κ2) is 9.27. The van der Waals surface area contributed by atoms with Gasteiger partial charge in [-0.3, -0.25) is 14.9 Å². The molecule has 0 bridgehead atoms. The van der Waals surface area contributed by atoms with Crippen LogP contribution in [0.5, 0.6) is 11.6 Å². The van der Waals surface area contributed by atoms with E-state index in [0.717, 1.165) is 11.1 Å². The van der Waals surface area contributed by atoms with Gasteiger partial charge in [0.2, 0.25) is 11.8 Å². The Morgan fingerprint density at radius 2 is 1.86 bits per heavy atom. The molecule has 0 saturated carbocycles. The number of ether oxygens (including phenoxy) is 1. The lowest BCUT2D eigenvalue weighted by Gasteiger charge is -2.08. The average Bonchev–Trinajstić information content (AvgIpc) is 2.72. The molecule has 0 aliphatic carbocycles. The molecule has 7 heteroatoms. The van der Waals surface area contributed by atoms with Crippen LogP contribution in [0.25, 0.3) is 0 Å². The Morgan fingerprint density at radius 3 is 2.57 bits per heavy atom.